The summed E-state index contributed by atoms with van der Waals surface area (Å²) in [5.74, 6) is 6.67. The number of hydrogen-bond acceptors (Lipinski definition) is 5. The Balaban J connectivity index is 1.59. The number of piperidine rings is 1. The van der Waals surface area contributed by atoms with Gasteiger partial charge in [0.25, 0.3) is 0 Å². The number of nitrogens with zero attached hydrogens (tertiary/aromatic N) is 1. The molecule has 10 heteroatoms. The molecule has 2 atom stereocenters. The Morgan fingerprint density at radius 2 is 1.97 bits per heavy atom. The zero-order chi connectivity index (χ0) is 28.2. The van der Waals surface area contributed by atoms with Gasteiger partial charge >= 0.3 is 6.18 Å². The van der Waals surface area contributed by atoms with E-state index < -0.39 is 18.8 Å². The summed E-state index contributed by atoms with van der Waals surface area (Å²) < 4.78 is 61.7. The maximum Gasteiger partial charge on any atom is 0.393 e. The Morgan fingerprint density at radius 3 is 2.64 bits per heavy atom. The van der Waals surface area contributed by atoms with E-state index in [2.05, 4.69) is 40.7 Å². The summed E-state index contributed by atoms with van der Waals surface area (Å²) in [6.45, 7) is 8.51. The summed E-state index contributed by atoms with van der Waals surface area (Å²) >= 11 is 1.23. The Kier molecular flexibility index (Phi) is 9.64. The third kappa shape index (κ3) is 7.36. The van der Waals surface area contributed by atoms with Crippen LogP contribution in [0.3, 0.4) is 0 Å². The van der Waals surface area contributed by atoms with E-state index in [4.69, 9.17) is 4.74 Å². The Labute approximate surface area is 232 Å². The SMILES string of the molecule is CCN1CC[C@@H](Nc2cccc3c(CC(F)(F)F)c(C#CCNc4ccc(P(C)C)cc4OC)sc23)[C@@H](F)C1. The van der Waals surface area contributed by atoms with Gasteiger partial charge in [0.1, 0.15) is 11.9 Å². The molecule has 0 spiro atoms. The Bertz CT molecular complexity index is 1350. The molecule has 1 fully saturated rings. The molecule has 2 heterocycles. The van der Waals surface area contributed by atoms with Crippen molar-refractivity contribution in [2.45, 2.75) is 38.2 Å². The van der Waals surface area contributed by atoms with E-state index in [1.807, 2.05) is 31.2 Å². The maximum atomic E-state index is 14.9. The Hall–Kier alpha value is -2.53. The molecule has 4 rings (SSSR count). The van der Waals surface area contributed by atoms with E-state index in [0.29, 0.717) is 39.4 Å². The maximum absolute atomic E-state index is 14.9. The van der Waals surface area contributed by atoms with Crippen LogP contribution >= 0.6 is 19.3 Å². The fraction of sp³-hybridized carbons (Fsp3) is 0.448. The summed E-state index contributed by atoms with van der Waals surface area (Å²) in [6.07, 6.45) is -5.87. The number of thiophene rings is 1. The van der Waals surface area contributed by atoms with Crippen LogP contribution in [-0.4, -0.2) is 69.9 Å². The standard InChI is InChI=1S/C29H34F4N3OPS/c1-5-36-15-13-23(22(30)18-36)35-25-9-6-8-20-21(17-29(31,32)33)27(39-28(20)25)10-7-14-34-24-12-11-19(38(3)4)16-26(24)37-2/h6,8-9,11-12,16,22-23,34-35H,5,13-15,17-18H2,1-4H3/t22-,23+/m0/s1. The number of nitrogens with one attached hydrogen (secondary N) is 2. The highest BCUT2D eigenvalue weighted by molar-refractivity contribution is 7.64. The number of ether oxygens (including phenoxy) is 1. The van der Waals surface area contributed by atoms with Gasteiger partial charge in [-0.15, -0.1) is 11.3 Å². The van der Waals surface area contributed by atoms with Crippen LogP contribution in [0.1, 0.15) is 23.8 Å². The van der Waals surface area contributed by atoms with Gasteiger partial charge in [-0.1, -0.05) is 44.9 Å². The van der Waals surface area contributed by atoms with Crippen LogP contribution in [0.5, 0.6) is 5.75 Å². The molecule has 0 saturated carbocycles. The molecule has 3 aromatic rings. The molecule has 1 aliphatic heterocycles. The molecule has 0 radical (unpaired) electrons. The van der Waals surface area contributed by atoms with Crippen LogP contribution in [0, 0.1) is 11.8 Å². The average molecular weight is 580 g/mol. The summed E-state index contributed by atoms with van der Waals surface area (Å²) in [4.78, 5) is 2.44. The first kappa shape index (κ1) is 29.5. The molecule has 2 N–H and O–H groups in total. The van der Waals surface area contributed by atoms with Crippen molar-refractivity contribution < 1.29 is 22.3 Å². The van der Waals surface area contributed by atoms with Crippen LogP contribution in [0.15, 0.2) is 36.4 Å². The van der Waals surface area contributed by atoms with Gasteiger partial charge in [0.2, 0.25) is 0 Å². The number of methoxy groups -OCH3 is 1. The minimum absolute atomic E-state index is 0.164. The molecular weight excluding hydrogens is 545 g/mol. The number of likely N-dealkylation sites (tertiary alicyclic amines) is 1. The fourth-order valence-electron chi connectivity index (χ4n) is 4.75. The minimum Gasteiger partial charge on any atom is -0.495 e. The van der Waals surface area contributed by atoms with Gasteiger partial charge in [-0.2, -0.15) is 13.2 Å². The second kappa shape index (κ2) is 12.8. The van der Waals surface area contributed by atoms with E-state index >= 15 is 0 Å². The predicted octanol–water partition coefficient (Wildman–Crippen LogP) is 6.69. The molecule has 4 nitrogen and oxygen atoms in total. The van der Waals surface area contributed by atoms with Crippen LogP contribution in [-0.2, 0) is 6.42 Å². The first-order chi connectivity index (χ1) is 18.6. The predicted molar refractivity (Wildman–Crippen MR) is 157 cm³/mol. The fourth-order valence-corrected chi connectivity index (χ4v) is 6.67. The third-order valence-electron chi connectivity index (χ3n) is 6.88. The highest BCUT2D eigenvalue weighted by Crippen LogP contribution is 2.39. The molecular formula is C29H34F4N3OPS. The molecule has 2 aromatic carbocycles. The third-order valence-corrected chi connectivity index (χ3v) is 9.39. The number of alkyl halides is 4. The number of benzene rings is 2. The lowest BCUT2D eigenvalue weighted by Crippen LogP contribution is -2.47. The lowest BCUT2D eigenvalue weighted by Gasteiger charge is -2.35. The van der Waals surface area contributed by atoms with Crippen molar-refractivity contribution in [3.8, 4) is 17.6 Å². The van der Waals surface area contributed by atoms with Gasteiger partial charge in [-0.3, -0.25) is 0 Å². The van der Waals surface area contributed by atoms with Crippen molar-refractivity contribution >= 4 is 46.0 Å². The van der Waals surface area contributed by atoms with Crippen LogP contribution in [0.25, 0.3) is 10.1 Å². The largest absolute Gasteiger partial charge is 0.495 e. The summed E-state index contributed by atoms with van der Waals surface area (Å²) in [6, 6.07) is 10.8. The van der Waals surface area contributed by atoms with E-state index in [1.165, 1.54) is 16.6 Å². The quantitative estimate of drug-likeness (QED) is 0.177. The van der Waals surface area contributed by atoms with Crippen molar-refractivity contribution in [1.29, 1.82) is 0 Å². The van der Waals surface area contributed by atoms with Gasteiger partial charge in [0, 0.05) is 13.1 Å². The highest BCUT2D eigenvalue weighted by atomic mass is 32.1. The molecule has 0 unspecified atom stereocenters. The van der Waals surface area contributed by atoms with Crippen molar-refractivity contribution in [2.24, 2.45) is 0 Å². The van der Waals surface area contributed by atoms with Crippen LogP contribution < -0.4 is 20.7 Å². The second-order valence-electron chi connectivity index (χ2n) is 9.77. The number of fused-ring (bicyclic) bond motifs is 1. The number of hydrogen-bond donors (Lipinski definition) is 2. The molecule has 1 aliphatic rings. The normalized spacial score (nSPS) is 18.2. The van der Waals surface area contributed by atoms with Gasteiger partial charge in [0.15, 0.2) is 0 Å². The van der Waals surface area contributed by atoms with E-state index in [-0.39, 0.29) is 26.1 Å². The molecule has 0 amide bonds. The average Bonchev–Trinajstić information content (AvgIpc) is 3.24. The zero-order valence-corrected chi connectivity index (χ0v) is 24.3. The van der Waals surface area contributed by atoms with Crippen LogP contribution in [0.4, 0.5) is 28.9 Å². The van der Waals surface area contributed by atoms with E-state index in [1.54, 1.807) is 19.2 Å². The zero-order valence-electron chi connectivity index (χ0n) is 22.6. The summed E-state index contributed by atoms with van der Waals surface area (Å²) in [7, 11) is 1.33. The molecule has 1 aromatic heterocycles. The van der Waals surface area contributed by atoms with E-state index in [0.717, 1.165) is 18.8 Å². The Morgan fingerprint density at radius 1 is 1.18 bits per heavy atom. The van der Waals surface area contributed by atoms with Gasteiger partial charge in [-0.05, 0) is 60.7 Å². The van der Waals surface area contributed by atoms with Crippen molar-refractivity contribution in [3.05, 3.63) is 46.8 Å². The first-order valence-corrected chi connectivity index (χ1v) is 16.0. The lowest BCUT2D eigenvalue weighted by molar-refractivity contribution is -0.126. The van der Waals surface area contributed by atoms with Gasteiger partial charge in [0.05, 0.1) is 47.1 Å². The number of anilines is 2. The minimum atomic E-state index is -4.38. The van der Waals surface area contributed by atoms with Gasteiger partial charge < -0.3 is 20.3 Å². The summed E-state index contributed by atoms with van der Waals surface area (Å²) in [5.41, 5.74) is 1.60. The first-order valence-electron chi connectivity index (χ1n) is 12.9. The lowest BCUT2D eigenvalue weighted by atomic mass is 10.0. The van der Waals surface area contributed by atoms with Crippen molar-refractivity contribution in [2.75, 3.05) is 57.3 Å². The molecule has 210 valence electrons. The van der Waals surface area contributed by atoms with Crippen LogP contribution in [0.2, 0.25) is 0 Å². The number of rotatable bonds is 8. The number of halogens is 4. The second-order valence-corrected chi connectivity index (χ2v) is 13.1. The highest BCUT2D eigenvalue weighted by Gasteiger charge is 2.32. The smallest absolute Gasteiger partial charge is 0.393 e. The molecule has 0 bridgehead atoms. The van der Waals surface area contributed by atoms with Crippen molar-refractivity contribution in [3.63, 3.8) is 0 Å². The topological polar surface area (TPSA) is 36.5 Å². The van der Waals surface area contributed by atoms with Crippen molar-refractivity contribution in [1.82, 2.24) is 4.90 Å². The molecule has 0 aliphatic carbocycles. The molecule has 1 saturated heterocycles. The monoisotopic (exact) mass is 579 g/mol. The van der Waals surface area contributed by atoms with Gasteiger partial charge in [-0.25, -0.2) is 4.39 Å². The van der Waals surface area contributed by atoms with E-state index in [9.17, 15) is 17.6 Å². The molecule has 39 heavy (non-hydrogen) atoms. The summed E-state index contributed by atoms with van der Waals surface area (Å²) in [5, 5.41) is 8.22.